The van der Waals surface area contributed by atoms with Crippen LogP contribution in [0.5, 0.6) is 0 Å². The third-order valence-electron chi connectivity index (χ3n) is 3.48. The summed E-state index contributed by atoms with van der Waals surface area (Å²) in [6.07, 6.45) is -3.98. The summed E-state index contributed by atoms with van der Waals surface area (Å²) in [5.41, 5.74) is 3.71. The third-order valence-corrected chi connectivity index (χ3v) is 3.86. The second kappa shape index (κ2) is 5.72. The number of hydrogen-bond donors (Lipinski definition) is 5. The highest BCUT2D eigenvalue weighted by atomic mass is 35.5. The van der Waals surface area contributed by atoms with Crippen molar-refractivity contribution in [2.75, 3.05) is 12.3 Å². The summed E-state index contributed by atoms with van der Waals surface area (Å²) in [6.45, 7) is -2.96. The van der Waals surface area contributed by atoms with Gasteiger partial charge in [0.15, 0.2) is 16.8 Å². The summed E-state index contributed by atoms with van der Waals surface area (Å²) in [7, 11) is 0. The van der Waals surface area contributed by atoms with Crippen LogP contribution in [0.4, 0.5) is 5.95 Å². The van der Waals surface area contributed by atoms with Crippen LogP contribution in [0.2, 0.25) is 0 Å². The van der Waals surface area contributed by atoms with Crippen LogP contribution in [0, 0.1) is 15.9 Å². The van der Waals surface area contributed by atoms with Crippen LogP contribution < -0.4 is 5.73 Å². The number of anilines is 1. The van der Waals surface area contributed by atoms with E-state index >= 15 is 0 Å². The van der Waals surface area contributed by atoms with Gasteiger partial charge in [0, 0.05) is 5.38 Å². The van der Waals surface area contributed by atoms with Crippen LogP contribution in [0.1, 0.15) is 8.97 Å². The van der Waals surface area contributed by atoms with Crippen molar-refractivity contribution in [1.82, 2.24) is 19.5 Å². The Labute approximate surface area is 142 Å². The van der Waals surface area contributed by atoms with E-state index in [2.05, 4.69) is 20.9 Å². The Balaban J connectivity index is 2.21. The Kier molecular flexibility index (Phi) is 3.40. The number of fused-ring (bicyclic) bond motifs is 1. The number of nitrogens with one attached hydrogen (secondary N) is 1. The van der Waals surface area contributed by atoms with Crippen molar-refractivity contribution in [3.05, 3.63) is 11.0 Å². The van der Waals surface area contributed by atoms with Gasteiger partial charge >= 0.3 is 0 Å². The summed E-state index contributed by atoms with van der Waals surface area (Å²) in [5, 5.41) is 32.6. The van der Waals surface area contributed by atoms with Gasteiger partial charge in [-0.15, -0.1) is 0 Å². The number of nitrogens with zero attached hydrogens (tertiary/aromatic N) is 3. The molecule has 2 aromatic heterocycles. The molecule has 0 saturated carbocycles. The van der Waals surface area contributed by atoms with Gasteiger partial charge in [-0.1, -0.05) is 12.2 Å². The minimum absolute atomic E-state index is 0.0289. The average Bonchev–Trinajstić information content (AvgIpc) is 3.00. The van der Waals surface area contributed by atoms with E-state index in [1.54, 1.807) is 0 Å². The van der Waals surface area contributed by atoms with Crippen LogP contribution >= 0.6 is 23.8 Å². The summed E-state index contributed by atoms with van der Waals surface area (Å²) in [4.78, 5) is 10.6. The van der Waals surface area contributed by atoms with Gasteiger partial charge in [0.25, 0.3) is 0 Å². The molecule has 0 aliphatic carbocycles. The van der Waals surface area contributed by atoms with Crippen molar-refractivity contribution in [2.45, 2.75) is 24.0 Å². The molecule has 0 spiro atoms. The van der Waals surface area contributed by atoms with Crippen LogP contribution in [-0.2, 0) is 4.74 Å². The molecule has 0 aromatic carbocycles. The van der Waals surface area contributed by atoms with Gasteiger partial charge in [0.2, 0.25) is 5.60 Å². The van der Waals surface area contributed by atoms with Gasteiger partial charge in [0.05, 0.1) is 15.6 Å². The summed E-state index contributed by atoms with van der Waals surface area (Å²) in [6, 6.07) is 0. The van der Waals surface area contributed by atoms with Gasteiger partial charge in [0.1, 0.15) is 23.4 Å². The molecule has 3 heterocycles. The first-order valence-electron chi connectivity index (χ1n) is 7.23. The Morgan fingerprint density at radius 2 is 2.43 bits per heavy atom. The Bertz CT molecular complexity index is 951. The molecule has 1 aliphatic rings. The second-order valence-electron chi connectivity index (χ2n) is 4.80. The number of nitrogens with two attached hydrogens (primary N) is 1. The van der Waals surface area contributed by atoms with Crippen LogP contribution in [0.3, 0.4) is 0 Å². The van der Waals surface area contributed by atoms with Crippen molar-refractivity contribution in [2.24, 2.45) is 0 Å². The van der Waals surface area contributed by atoms with E-state index in [1.165, 1.54) is 10.9 Å². The first-order valence-corrected chi connectivity index (χ1v) is 7.01. The Morgan fingerprint density at radius 1 is 1.70 bits per heavy atom. The van der Waals surface area contributed by atoms with E-state index < -0.39 is 30.6 Å². The molecular weight excluding hydrogens is 346 g/mol. The minimum atomic E-state index is -2.96. The van der Waals surface area contributed by atoms with E-state index in [-0.39, 0.29) is 21.8 Å². The normalized spacial score (nSPS) is 32.3. The molecule has 4 atom stereocenters. The standard InChI is InChI=1S/C12H12ClN5O4S/c13-2-1-12(21)7(20)5(3-19)22-10(12)18-4-15-6-8(18)16-11(14)17-9(6)23/h4-5,7,10,19-21H,3H2,(H3,14,16,17,23)/t5-,7+,10-,12?/m1/s1/i3D2. The highest BCUT2D eigenvalue weighted by Crippen LogP contribution is 2.39. The number of H-pyrrole nitrogens is 1. The number of aliphatic hydroxyl groups is 3. The molecule has 9 nitrogen and oxygen atoms in total. The lowest BCUT2D eigenvalue weighted by Gasteiger charge is -2.26. The van der Waals surface area contributed by atoms with E-state index in [0.717, 1.165) is 0 Å². The first-order chi connectivity index (χ1) is 11.6. The van der Waals surface area contributed by atoms with Crippen LogP contribution in [-0.4, -0.2) is 59.2 Å². The highest BCUT2D eigenvalue weighted by Gasteiger charge is 2.56. The SMILES string of the molecule is [2H]C([2H])(O)[C@H]1O[C@@H](n2cnc3c(=S)nc(N)[nH]c32)C(O)(C#CCl)[C@H]1O. The lowest BCUT2D eigenvalue weighted by molar-refractivity contribution is -0.0721. The molecule has 122 valence electrons. The van der Waals surface area contributed by atoms with Crippen molar-refractivity contribution in [1.29, 1.82) is 0 Å². The van der Waals surface area contributed by atoms with E-state index in [9.17, 15) is 15.3 Å². The number of aromatic amines is 1. The fourth-order valence-corrected chi connectivity index (χ4v) is 2.81. The topological polar surface area (TPSA) is 142 Å². The van der Waals surface area contributed by atoms with Gasteiger partial charge in [-0.05, 0) is 17.5 Å². The van der Waals surface area contributed by atoms with Gasteiger partial charge in [-0.2, -0.15) is 0 Å². The number of aromatic nitrogens is 4. The molecule has 1 fully saturated rings. The summed E-state index contributed by atoms with van der Waals surface area (Å²) in [5.74, 6) is 2.16. The zero-order valence-electron chi connectivity index (χ0n) is 13.3. The van der Waals surface area contributed by atoms with Crippen LogP contribution in [0.25, 0.3) is 11.2 Å². The zero-order chi connectivity index (χ0) is 18.6. The Morgan fingerprint density at radius 3 is 3.09 bits per heavy atom. The fraction of sp³-hybridized carbons (Fsp3) is 0.417. The van der Waals surface area contributed by atoms with Crippen molar-refractivity contribution in [3.63, 3.8) is 0 Å². The van der Waals surface area contributed by atoms with Gasteiger partial charge < -0.3 is 30.8 Å². The smallest absolute Gasteiger partial charge is 0.200 e. The first kappa shape index (κ1) is 13.7. The average molecular weight is 360 g/mol. The number of halogens is 1. The number of ether oxygens (including phenoxy) is 1. The molecular formula is C12H12ClN5O4S. The molecule has 6 N–H and O–H groups in total. The fourth-order valence-electron chi connectivity index (χ4n) is 2.41. The molecule has 11 heteroatoms. The lowest BCUT2D eigenvalue weighted by Crippen LogP contribution is -2.45. The zero-order valence-corrected chi connectivity index (χ0v) is 12.8. The maximum atomic E-state index is 10.8. The number of nitrogen functional groups attached to an aromatic ring is 1. The number of aliphatic hydroxyl groups excluding tert-OH is 1. The van der Waals surface area contributed by atoms with E-state index in [1.807, 2.05) is 5.38 Å². The highest BCUT2D eigenvalue weighted by molar-refractivity contribution is 7.71. The maximum Gasteiger partial charge on any atom is 0.200 e. The molecule has 3 rings (SSSR count). The van der Waals surface area contributed by atoms with Crippen LogP contribution in [0.15, 0.2) is 6.33 Å². The molecule has 0 amide bonds. The van der Waals surface area contributed by atoms with Crippen molar-refractivity contribution < 1.29 is 22.8 Å². The van der Waals surface area contributed by atoms with Gasteiger partial charge in [-0.3, -0.25) is 4.57 Å². The molecule has 0 radical (unpaired) electrons. The van der Waals surface area contributed by atoms with E-state index in [4.69, 9.17) is 37.0 Å². The number of imidazole rings is 1. The summed E-state index contributed by atoms with van der Waals surface area (Å²) >= 11 is 10.4. The second-order valence-corrected chi connectivity index (χ2v) is 5.38. The molecule has 1 unspecified atom stereocenters. The van der Waals surface area contributed by atoms with Crippen molar-refractivity contribution >= 4 is 40.9 Å². The number of rotatable bonds is 2. The van der Waals surface area contributed by atoms with Crippen molar-refractivity contribution in [3.8, 4) is 11.3 Å². The van der Waals surface area contributed by atoms with Gasteiger partial charge in [-0.25, -0.2) is 9.97 Å². The predicted octanol–water partition coefficient (Wildman–Crippen LogP) is -0.748. The third kappa shape index (κ3) is 2.38. The lowest BCUT2D eigenvalue weighted by atomic mass is 9.95. The molecule has 1 aliphatic heterocycles. The molecule has 2 aromatic rings. The Hall–Kier alpha value is -1.74. The summed E-state index contributed by atoms with van der Waals surface area (Å²) < 4.78 is 21.4. The molecule has 23 heavy (non-hydrogen) atoms. The quantitative estimate of drug-likeness (QED) is 0.348. The molecule has 1 saturated heterocycles. The predicted molar refractivity (Wildman–Crippen MR) is 82.7 cm³/mol. The monoisotopic (exact) mass is 359 g/mol. The van der Waals surface area contributed by atoms with E-state index in [0.29, 0.717) is 0 Å². The number of hydrogen-bond acceptors (Lipinski definition) is 8. The largest absolute Gasteiger partial charge is 0.394 e. The maximum absolute atomic E-state index is 10.8. The minimum Gasteiger partial charge on any atom is -0.394 e. The molecule has 0 bridgehead atoms.